The van der Waals surface area contributed by atoms with Crippen LogP contribution in [0.5, 0.6) is 0 Å². The van der Waals surface area contributed by atoms with Crippen molar-refractivity contribution in [1.82, 2.24) is 4.57 Å². The molecule has 2 aliphatic rings. The zero-order valence-corrected chi connectivity index (χ0v) is 26.7. The summed E-state index contributed by atoms with van der Waals surface area (Å²) >= 11 is 5.29. The highest BCUT2D eigenvalue weighted by atomic mass is 79.9. The van der Waals surface area contributed by atoms with Crippen LogP contribution in [0.1, 0.15) is 21.9 Å². The van der Waals surface area contributed by atoms with Crippen molar-refractivity contribution in [3.05, 3.63) is 121 Å². The smallest absolute Gasteiger partial charge is 0.325 e. The molecule has 232 valence electrons. The first-order valence-corrected chi connectivity index (χ1v) is 16.5. The van der Waals surface area contributed by atoms with E-state index in [4.69, 9.17) is 0 Å². The van der Waals surface area contributed by atoms with Crippen molar-refractivity contribution >= 4 is 78.9 Å². The number of anilines is 2. The number of halogens is 4. The summed E-state index contributed by atoms with van der Waals surface area (Å²) < 4.78 is 42.7. The SMILES string of the molecule is O=C(Cn1c2c(sc1=O)C(c1ccc(Br)cc1)C1C(=O)N(c3cccc(C(F)(F)F)c3)C(=O)C1S2)Nc1ccc2ccccc2c1. The molecule has 5 aromatic rings. The normalized spacial score (nSPS) is 19.3. The lowest BCUT2D eigenvalue weighted by atomic mass is 9.83. The molecule has 1 fully saturated rings. The molecule has 46 heavy (non-hydrogen) atoms. The van der Waals surface area contributed by atoms with E-state index in [9.17, 15) is 32.3 Å². The summed E-state index contributed by atoms with van der Waals surface area (Å²) in [5, 5.41) is 4.11. The van der Waals surface area contributed by atoms with Crippen LogP contribution < -0.4 is 15.1 Å². The van der Waals surface area contributed by atoms with Crippen LogP contribution >= 0.6 is 39.0 Å². The Morgan fingerprint density at radius 1 is 0.870 bits per heavy atom. The molecule has 0 saturated carbocycles. The third kappa shape index (κ3) is 5.35. The molecule has 1 N–H and O–H groups in total. The summed E-state index contributed by atoms with van der Waals surface area (Å²) in [4.78, 5) is 55.4. The maximum absolute atomic E-state index is 14.0. The molecule has 0 radical (unpaired) electrons. The minimum atomic E-state index is -4.67. The number of fused-ring (bicyclic) bond motifs is 3. The fraction of sp³-hybridized carbons (Fsp3) is 0.152. The van der Waals surface area contributed by atoms with Crippen LogP contribution in [0.2, 0.25) is 0 Å². The van der Waals surface area contributed by atoms with E-state index < -0.39 is 51.4 Å². The molecular weight excluding hydrogens is 703 g/mol. The number of hydrogen-bond donors (Lipinski definition) is 1. The molecule has 7 nitrogen and oxygen atoms in total. The Morgan fingerprint density at radius 3 is 2.35 bits per heavy atom. The Labute approximate surface area is 276 Å². The number of carbonyl (C=O) groups excluding carboxylic acids is 3. The minimum absolute atomic E-state index is 0.176. The van der Waals surface area contributed by atoms with Crippen molar-refractivity contribution in [2.24, 2.45) is 5.92 Å². The zero-order valence-electron chi connectivity index (χ0n) is 23.5. The van der Waals surface area contributed by atoms with Gasteiger partial charge in [-0.05, 0) is 58.8 Å². The Morgan fingerprint density at radius 2 is 1.61 bits per heavy atom. The highest BCUT2D eigenvalue weighted by molar-refractivity contribution is 9.10. The largest absolute Gasteiger partial charge is 0.416 e. The number of aromatic nitrogens is 1. The first-order chi connectivity index (χ1) is 22.0. The van der Waals surface area contributed by atoms with Crippen LogP contribution in [0.4, 0.5) is 24.5 Å². The number of amides is 3. The number of carbonyl (C=O) groups is 3. The molecule has 3 heterocycles. The van der Waals surface area contributed by atoms with Gasteiger partial charge in [0.15, 0.2) is 0 Å². The molecule has 0 aliphatic carbocycles. The summed E-state index contributed by atoms with van der Waals surface area (Å²) in [6, 6.07) is 24.4. The number of thiazole rings is 1. The summed E-state index contributed by atoms with van der Waals surface area (Å²) in [5.74, 6) is -3.53. The van der Waals surface area contributed by atoms with E-state index in [1.54, 1.807) is 30.3 Å². The quantitative estimate of drug-likeness (QED) is 0.193. The second-order valence-corrected chi connectivity index (χ2v) is 13.9. The van der Waals surface area contributed by atoms with E-state index in [2.05, 4.69) is 21.2 Å². The summed E-state index contributed by atoms with van der Waals surface area (Å²) in [6.07, 6.45) is -4.67. The first-order valence-electron chi connectivity index (χ1n) is 14.0. The molecule has 13 heteroatoms. The summed E-state index contributed by atoms with van der Waals surface area (Å²) in [6.45, 7) is -0.339. The third-order valence-corrected chi connectivity index (χ3v) is 11.2. The molecule has 0 spiro atoms. The number of thioether (sulfide) groups is 1. The lowest BCUT2D eigenvalue weighted by molar-refractivity contribution is -0.137. The zero-order chi connectivity index (χ0) is 32.3. The highest BCUT2D eigenvalue weighted by Gasteiger charge is 2.57. The number of benzene rings is 4. The first kappa shape index (κ1) is 30.5. The van der Waals surface area contributed by atoms with Crippen LogP contribution in [-0.4, -0.2) is 27.5 Å². The molecule has 3 amide bonds. The number of rotatable bonds is 5. The lowest BCUT2D eigenvalue weighted by Crippen LogP contribution is -2.33. The van der Waals surface area contributed by atoms with Gasteiger partial charge >= 0.3 is 11.0 Å². The average Bonchev–Trinajstić information content (AvgIpc) is 3.47. The van der Waals surface area contributed by atoms with Crippen molar-refractivity contribution in [1.29, 1.82) is 0 Å². The Balaban J connectivity index is 1.26. The van der Waals surface area contributed by atoms with Crippen LogP contribution in [-0.2, 0) is 27.1 Å². The Bertz CT molecular complexity index is 2110. The van der Waals surface area contributed by atoms with Crippen LogP contribution in [0.3, 0.4) is 0 Å². The topological polar surface area (TPSA) is 88.5 Å². The maximum Gasteiger partial charge on any atom is 0.416 e. The van der Waals surface area contributed by atoms with Crippen molar-refractivity contribution in [2.45, 2.75) is 28.9 Å². The van der Waals surface area contributed by atoms with Gasteiger partial charge < -0.3 is 5.32 Å². The van der Waals surface area contributed by atoms with E-state index in [-0.39, 0.29) is 12.2 Å². The third-order valence-electron chi connectivity index (χ3n) is 8.05. The standard InChI is InChI=1S/C33H21BrF3N3O4S2/c34-21-11-8-18(9-12-21)25-26-27(30(43)40(29(26)42)23-7-3-6-20(15-23)33(35,36)37)45-31-28(25)46-32(44)39(31)16-24(41)38-22-13-10-17-4-1-2-5-19(17)14-22/h1-15,25-27H,16H2,(H,38,41). The van der Waals surface area contributed by atoms with Gasteiger partial charge in [0.1, 0.15) is 11.8 Å². The van der Waals surface area contributed by atoms with Crippen molar-refractivity contribution in [3.63, 3.8) is 0 Å². The van der Waals surface area contributed by atoms with Gasteiger partial charge in [-0.25, -0.2) is 4.90 Å². The van der Waals surface area contributed by atoms with E-state index in [1.807, 2.05) is 36.4 Å². The molecule has 3 unspecified atom stereocenters. The fourth-order valence-corrected chi connectivity index (χ4v) is 9.01. The average molecular weight is 725 g/mol. The molecule has 1 aromatic heterocycles. The highest BCUT2D eigenvalue weighted by Crippen LogP contribution is 2.54. The van der Waals surface area contributed by atoms with Gasteiger partial charge in [-0.2, -0.15) is 13.2 Å². The monoisotopic (exact) mass is 723 g/mol. The number of imide groups is 1. The van der Waals surface area contributed by atoms with Crippen LogP contribution in [0, 0.1) is 5.92 Å². The predicted octanol–water partition coefficient (Wildman–Crippen LogP) is 7.28. The van der Waals surface area contributed by atoms with E-state index in [1.165, 1.54) is 10.6 Å². The van der Waals surface area contributed by atoms with Crippen molar-refractivity contribution < 1.29 is 27.6 Å². The molecule has 1 saturated heterocycles. The van der Waals surface area contributed by atoms with E-state index >= 15 is 0 Å². The predicted molar refractivity (Wildman–Crippen MR) is 174 cm³/mol. The second-order valence-electron chi connectivity index (χ2n) is 10.9. The van der Waals surface area contributed by atoms with Crippen LogP contribution in [0.15, 0.2) is 105 Å². The van der Waals surface area contributed by atoms with Gasteiger partial charge in [0.25, 0.3) is 0 Å². The van der Waals surface area contributed by atoms with E-state index in [0.717, 1.165) is 61.4 Å². The molecule has 7 rings (SSSR count). The van der Waals surface area contributed by atoms with Gasteiger partial charge in [0, 0.05) is 21.0 Å². The molecule has 2 aliphatic heterocycles. The Kier molecular flexibility index (Phi) is 7.65. The lowest BCUT2D eigenvalue weighted by Gasteiger charge is -2.30. The molecule has 0 bridgehead atoms. The van der Waals surface area contributed by atoms with E-state index in [0.29, 0.717) is 21.2 Å². The summed E-state index contributed by atoms with van der Waals surface area (Å²) in [7, 11) is 0. The minimum Gasteiger partial charge on any atom is -0.325 e. The van der Waals surface area contributed by atoms with Crippen molar-refractivity contribution in [3.8, 4) is 0 Å². The number of hydrogen-bond acceptors (Lipinski definition) is 6. The number of nitrogens with one attached hydrogen (secondary N) is 1. The molecule has 4 aromatic carbocycles. The van der Waals surface area contributed by atoms with Crippen molar-refractivity contribution in [2.75, 3.05) is 10.2 Å². The number of alkyl halides is 3. The van der Waals surface area contributed by atoms with Gasteiger partial charge in [-0.1, -0.05) is 87.6 Å². The van der Waals surface area contributed by atoms with Crippen LogP contribution in [0.25, 0.3) is 10.8 Å². The molecule has 3 atom stereocenters. The second kappa shape index (κ2) is 11.6. The fourth-order valence-electron chi connectivity index (χ4n) is 5.97. The van der Waals surface area contributed by atoms with Gasteiger partial charge in [-0.15, -0.1) is 0 Å². The maximum atomic E-state index is 14.0. The summed E-state index contributed by atoms with van der Waals surface area (Å²) in [5.41, 5.74) is 0.0447. The van der Waals surface area contributed by atoms with Gasteiger partial charge in [0.2, 0.25) is 17.7 Å². The molecular formula is C33H21BrF3N3O4S2. The number of nitrogens with zero attached hydrogens (tertiary/aromatic N) is 2. The van der Waals surface area contributed by atoms with Gasteiger partial charge in [0.05, 0.1) is 22.2 Å². The Hall–Kier alpha value is -4.20. The van der Waals surface area contributed by atoms with Gasteiger partial charge in [-0.3, -0.25) is 23.7 Å².